The zero-order chi connectivity index (χ0) is 22.1. The number of nitrogens with zero attached hydrogens (tertiary/aromatic N) is 3. The molecule has 1 aromatic heterocycles. The van der Waals surface area contributed by atoms with E-state index in [2.05, 4.69) is 43.9 Å². The van der Waals surface area contributed by atoms with E-state index in [0.717, 1.165) is 26.7 Å². The highest BCUT2D eigenvalue weighted by Crippen LogP contribution is 2.27. The Balaban J connectivity index is 2.06. The second-order valence-corrected chi connectivity index (χ2v) is 10.0. The van der Waals surface area contributed by atoms with Crippen molar-refractivity contribution in [1.82, 2.24) is 9.66 Å². The molecule has 0 radical (unpaired) electrons. The molecule has 0 aliphatic carbocycles. The van der Waals surface area contributed by atoms with Gasteiger partial charge in [0.15, 0.2) is 0 Å². The van der Waals surface area contributed by atoms with Crippen molar-refractivity contribution in [2.75, 3.05) is 0 Å². The molecule has 30 heavy (non-hydrogen) atoms. The van der Waals surface area contributed by atoms with Gasteiger partial charge in [-0.05, 0) is 71.2 Å². The number of fused-ring (bicyclic) bond motifs is 1. The number of rotatable bonds is 5. The summed E-state index contributed by atoms with van der Waals surface area (Å²) in [5.74, 6) is 1.39. The standard InChI is InChI=1S/C23H25Br2N3O2/c1-6-14(2)30-20-10-7-15(11-18(20)25)13-26-28-21(29)17-12-16(24)8-9-19(17)27-22(28)23(3,4)5/h7-14H,6H2,1-5H3/t14-/m0/s1. The van der Waals surface area contributed by atoms with Crippen molar-refractivity contribution >= 4 is 49.0 Å². The van der Waals surface area contributed by atoms with Gasteiger partial charge in [0.1, 0.15) is 11.6 Å². The lowest BCUT2D eigenvalue weighted by atomic mass is 9.95. The Bertz CT molecular complexity index is 1160. The Labute approximate surface area is 193 Å². The molecule has 0 aliphatic heterocycles. The van der Waals surface area contributed by atoms with Gasteiger partial charge in [-0.3, -0.25) is 4.79 Å². The maximum absolute atomic E-state index is 13.2. The third kappa shape index (κ3) is 5.01. The van der Waals surface area contributed by atoms with Crippen LogP contribution in [0.25, 0.3) is 10.9 Å². The minimum atomic E-state index is -0.355. The second kappa shape index (κ2) is 9.02. The highest BCUT2D eigenvalue weighted by molar-refractivity contribution is 9.10. The van der Waals surface area contributed by atoms with Crippen molar-refractivity contribution in [2.45, 2.75) is 52.6 Å². The largest absolute Gasteiger partial charge is 0.490 e. The molecule has 0 aliphatic rings. The number of benzene rings is 2. The van der Waals surface area contributed by atoms with E-state index < -0.39 is 0 Å². The van der Waals surface area contributed by atoms with Crippen LogP contribution in [0.2, 0.25) is 0 Å². The summed E-state index contributed by atoms with van der Waals surface area (Å²) in [6.07, 6.45) is 2.73. The van der Waals surface area contributed by atoms with Gasteiger partial charge < -0.3 is 4.74 Å². The first-order chi connectivity index (χ1) is 14.1. The summed E-state index contributed by atoms with van der Waals surface area (Å²) in [5, 5.41) is 5.03. The molecule has 3 rings (SSSR count). The zero-order valence-corrected chi connectivity index (χ0v) is 20.9. The number of hydrogen-bond acceptors (Lipinski definition) is 4. The fourth-order valence-corrected chi connectivity index (χ4v) is 3.71. The van der Waals surface area contributed by atoms with E-state index in [0.29, 0.717) is 16.7 Å². The molecule has 0 unspecified atom stereocenters. The number of aromatic nitrogens is 2. The summed E-state index contributed by atoms with van der Waals surface area (Å²) in [5.41, 5.74) is 0.957. The average Bonchev–Trinajstić information content (AvgIpc) is 2.68. The summed E-state index contributed by atoms with van der Waals surface area (Å²) in [4.78, 5) is 17.9. The van der Waals surface area contributed by atoms with E-state index in [1.165, 1.54) is 4.68 Å². The van der Waals surface area contributed by atoms with Crippen LogP contribution in [0.3, 0.4) is 0 Å². The van der Waals surface area contributed by atoms with E-state index in [9.17, 15) is 4.79 Å². The number of ether oxygens (including phenoxy) is 1. The molecule has 7 heteroatoms. The van der Waals surface area contributed by atoms with Crippen LogP contribution in [0.15, 0.2) is 55.2 Å². The van der Waals surface area contributed by atoms with Crippen molar-refractivity contribution in [2.24, 2.45) is 5.10 Å². The van der Waals surface area contributed by atoms with Gasteiger partial charge in [0.25, 0.3) is 5.56 Å². The predicted octanol–water partition coefficient (Wildman–Crippen LogP) is 6.28. The first-order valence-corrected chi connectivity index (χ1v) is 11.4. The average molecular weight is 535 g/mol. The van der Waals surface area contributed by atoms with E-state index in [1.54, 1.807) is 12.3 Å². The fourth-order valence-electron chi connectivity index (χ4n) is 2.86. The first-order valence-electron chi connectivity index (χ1n) is 9.83. The Morgan fingerprint density at radius 1 is 1.20 bits per heavy atom. The molecule has 1 atom stereocenters. The van der Waals surface area contributed by atoms with Gasteiger partial charge in [-0.15, -0.1) is 0 Å². The molecule has 0 spiro atoms. The Morgan fingerprint density at radius 2 is 1.93 bits per heavy atom. The van der Waals surface area contributed by atoms with Gasteiger partial charge in [0.05, 0.1) is 27.7 Å². The fraction of sp³-hybridized carbons (Fsp3) is 0.348. The minimum absolute atomic E-state index is 0.136. The van der Waals surface area contributed by atoms with Crippen molar-refractivity contribution in [3.05, 3.63) is 67.1 Å². The smallest absolute Gasteiger partial charge is 0.282 e. The Kier molecular flexibility index (Phi) is 6.82. The molecule has 0 N–H and O–H groups in total. The van der Waals surface area contributed by atoms with Gasteiger partial charge in [-0.25, -0.2) is 4.98 Å². The second-order valence-electron chi connectivity index (χ2n) is 8.23. The van der Waals surface area contributed by atoms with E-state index in [4.69, 9.17) is 9.72 Å². The molecule has 0 fully saturated rings. The first kappa shape index (κ1) is 22.7. The monoisotopic (exact) mass is 533 g/mol. The lowest BCUT2D eigenvalue weighted by Gasteiger charge is -2.20. The van der Waals surface area contributed by atoms with Gasteiger partial charge >= 0.3 is 0 Å². The van der Waals surface area contributed by atoms with Crippen LogP contribution in [-0.4, -0.2) is 22.0 Å². The topological polar surface area (TPSA) is 56.5 Å². The van der Waals surface area contributed by atoms with Crippen molar-refractivity contribution in [3.8, 4) is 5.75 Å². The van der Waals surface area contributed by atoms with Crippen LogP contribution in [0.4, 0.5) is 0 Å². The minimum Gasteiger partial charge on any atom is -0.490 e. The number of hydrogen-bond donors (Lipinski definition) is 0. The van der Waals surface area contributed by atoms with Crippen molar-refractivity contribution in [3.63, 3.8) is 0 Å². The zero-order valence-electron chi connectivity index (χ0n) is 17.7. The van der Waals surface area contributed by atoms with Crippen LogP contribution in [0, 0.1) is 0 Å². The molecule has 0 amide bonds. The van der Waals surface area contributed by atoms with Crippen LogP contribution in [-0.2, 0) is 5.41 Å². The summed E-state index contributed by atoms with van der Waals surface area (Å²) in [6.45, 7) is 10.2. The molecular weight excluding hydrogens is 510 g/mol. The molecule has 1 heterocycles. The van der Waals surface area contributed by atoms with Gasteiger partial charge in [-0.1, -0.05) is 43.6 Å². The van der Waals surface area contributed by atoms with Crippen LogP contribution in [0.1, 0.15) is 52.4 Å². The Hall–Kier alpha value is -1.99. The molecule has 5 nitrogen and oxygen atoms in total. The van der Waals surface area contributed by atoms with Crippen LogP contribution >= 0.6 is 31.9 Å². The third-order valence-corrected chi connectivity index (χ3v) is 5.77. The maximum atomic E-state index is 13.2. The molecule has 0 saturated carbocycles. The maximum Gasteiger partial charge on any atom is 0.282 e. The quantitative estimate of drug-likeness (QED) is 0.362. The summed E-state index contributed by atoms with van der Waals surface area (Å²) in [6, 6.07) is 11.3. The SMILES string of the molecule is CC[C@H](C)Oc1ccc(C=Nn2c(C(C)(C)C)nc3ccc(Br)cc3c2=O)cc1Br. The molecule has 0 bridgehead atoms. The predicted molar refractivity (Wildman–Crippen MR) is 130 cm³/mol. The normalized spacial score (nSPS) is 13.2. The number of halogens is 2. The molecule has 3 aromatic rings. The lowest BCUT2D eigenvalue weighted by molar-refractivity contribution is 0.216. The van der Waals surface area contributed by atoms with Crippen LogP contribution < -0.4 is 10.3 Å². The molecule has 0 saturated heterocycles. The van der Waals surface area contributed by atoms with Crippen molar-refractivity contribution in [1.29, 1.82) is 0 Å². The van der Waals surface area contributed by atoms with Gasteiger partial charge in [0.2, 0.25) is 0 Å². The van der Waals surface area contributed by atoms with E-state index in [-0.39, 0.29) is 17.1 Å². The Morgan fingerprint density at radius 3 is 2.57 bits per heavy atom. The molecular formula is C23H25Br2N3O2. The van der Waals surface area contributed by atoms with Gasteiger partial charge in [0, 0.05) is 9.89 Å². The van der Waals surface area contributed by atoms with Crippen LogP contribution in [0.5, 0.6) is 5.75 Å². The molecule has 158 valence electrons. The van der Waals surface area contributed by atoms with Crippen molar-refractivity contribution < 1.29 is 4.74 Å². The summed E-state index contributed by atoms with van der Waals surface area (Å²) >= 11 is 6.99. The molecule has 2 aromatic carbocycles. The van der Waals surface area contributed by atoms with E-state index >= 15 is 0 Å². The summed E-state index contributed by atoms with van der Waals surface area (Å²) in [7, 11) is 0. The highest BCUT2D eigenvalue weighted by atomic mass is 79.9. The van der Waals surface area contributed by atoms with E-state index in [1.807, 2.05) is 58.0 Å². The highest BCUT2D eigenvalue weighted by Gasteiger charge is 2.22. The summed E-state index contributed by atoms with van der Waals surface area (Å²) < 4.78 is 8.96. The van der Waals surface area contributed by atoms with Gasteiger partial charge in [-0.2, -0.15) is 9.78 Å². The third-order valence-electron chi connectivity index (χ3n) is 4.66. The lowest BCUT2D eigenvalue weighted by Crippen LogP contribution is -2.29.